The van der Waals surface area contributed by atoms with Crippen LogP contribution in [-0.4, -0.2) is 101 Å². The van der Waals surface area contributed by atoms with E-state index < -0.39 is 35.0 Å². The van der Waals surface area contributed by atoms with Gasteiger partial charge in [-0.05, 0) is 19.9 Å². The number of fused-ring (bicyclic) bond motifs is 1. The van der Waals surface area contributed by atoms with Gasteiger partial charge in [0, 0.05) is 68.2 Å². The second-order valence-corrected chi connectivity index (χ2v) is 11.7. The topological polar surface area (TPSA) is 128 Å². The maximum absolute atomic E-state index is 15.0. The lowest BCUT2D eigenvalue weighted by molar-refractivity contribution is -0.147. The Bertz CT molecular complexity index is 1430. The molecule has 5 rings (SSSR count). The largest absolute Gasteiger partial charge is 0.481 e. The van der Waals surface area contributed by atoms with Crippen molar-refractivity contribution in [3.8, 4) is 0 Å². The number of carboxylic acid groups (broad SMARTS) is 1. The second-order valence-electron chi connectivity index (χ2n) is 10.8. The number of hydrogen-bond donors (Lipinski definition) is 2. The fourth-order valence-corrected chi connectivity index (χ4v) is 5.94. The molecule has 1 aromatic carbocycles. The van der Waals surface area contributed by atoms with Gasteiger partial charge in [0.2, 0.25) is 0 Å². The van der Waals surface area contributed by atoms with Gasteiger partial charge < -0.3 is 25.0 Å². The summed E-state index contributed by atoms with van der Waals surface area (Å²) in [4.78, 5) is 52.0. The van der Waals surface area contributed by atoms with E-state index >= 15 is 4.39 Å². The van der Waals surface area contributed by atoms with Crippen LogP contribution < -0.4 is 5.32 Å². The number of thiazole rings is 1. The minimum Gasteiger partial charge on any atom is -0.481 e. The van der Waals surface area contributed by atoms with E-state index in [4.69, 9.17) is 4.74 Å². The van der Waals surface area contributed by atoms with Crippen LogP contribution in [0.1, 0.15) is 30.5 Å². The van der Waals surface area contributed by atoms with E-state index in [2.05, 4.69) is 20.2 Å². The smallest absolute Gasteiger partial charge is 0.338 e. The average molecular weight is 589 g/mol. The van der Waals surface area contributed by atoms with Gasteiger partial charge in [-0.25, -0.2) is 23.4 Å². The molecular formula is C27H30F2N6O5S. The Hall–Kier alpha value is -3.91. The maximum atomic E-state index is 15.0. The number of benzene rings is 1. The number of nitrogens with one attached hydrogen (secondary N) is 1. The molecule has 0 aliphatic carbocycles. The van der Waals surface area contributed by atoms with Gasteiger partial charge in [0.05, 0.1) is 24.1 Å². The third-order valence-corrected chi connectivity index (χ3v) is 8.26. The number of aliphatic imine (C=N–C) groups is 1. The Labute approximate surface area is 239 Å². The van der Waals surface area contributed by atoms with Crippen molar-refractivity contribution in [3.63, 3.8) is 0 Å². The number of halogens is 2. The summed E-state index contributed by atoms with van der Waals surface area (Å²) in [5.74, 6) is -2.94. The quantitative estimate of drug-likeness (QED) is 0.451. The van der Waals surface area contributed by atoms with Gasteiger partial charge in [-0.3, -0.25) is 14.7 Å². The van der Waals surface area contributed by atoms with Gasteiger partial charge in [-0.1, -0.05) is 6.07 Å². The highest BCUT2D eigenvalue weighted by molar-refractivity contribution is 7.11. The third-order valence-electron chi connectivity index (χ3n) is 7.48. The molecule has 2 aromatic rings. The third kappa shape index (κ3) is 5.66. The fraction of sp³-hybridized carbons (Fsp3) is 0.444. The molecule has 2 fully saturated rings. The molecule has 0 unspecified atom stereocenters. The Morgan fingerprint density at radius 2 is 2.02 bits per heavy atom. The predicted octanol–water partition coefficient (Wildman–Crippen LogP) is 2.47. The summed E-state index contributed by atoms with van der Waals surface area (Å²) in [6, 6.07) is 1.64. The first kappa shape index (κ1) is 28.6. The number of urea groups is 1. The van der Waals surface area contributed by atoms with Crippen molar-refractivity contribution >= 4 is 35.1 Å². The Balaban J connectivity index is 1.44. The van der Waals surface area contributed by atoms with E-state index in [1.54, 1.807) is 35.2 Å². The number of aliphatic carboxylic acids is 1. The second kappa shape index (κ2) is 11.2. The molecule has 2 atom stereocenters. The summed E-state index contributed by atoms with van der Waals surface area (Å²) < 4.78 is 33.8. The van der Waals surface area contributed by atoms with Crippen LogP contribution in [0.25, 0.3) is 0 Å². The first-order valence-electron chi connectivity index (χ1n) is 13.0. The van der Waals surface area contributed by atoms with Crippen molar-refractivity contribution in [2.45, 2.75) is 25.9 Å². The molecule has 3 aliphatic heterocycles. The zero-order valence-corrected chi connectivity index (χ0v) is 23.6. The van der Waals surface area contributed by atoms with Crippen LogP contribution in [0.2, 0.25) is 0 Å². The maximum Gasteiger partial charge on any atom is 0.338 e. The number of carbonyl (C=O) groups excluding carboxylic acids is 2. The van der Waals surface area contributed by atoms with Crippen LogP contribution in [0.5, 0.6) is 0 Å². The van der Waals surface area contributed by atoms with Crippen LogP contribution >= 0.6 is 11.3 Å². The van der Waals surface area contributed by atoms with Gasteiger partial charge in [0.1, 0.15) is 17.7 Å². The van der Waals surface area contributed by atoms with E-state index in [9.17, 15) is 23.9 Å². The Morgan fingerprint density at radius 1 is 1.24 bits per heavy atom. The van der Waals surface area contributed by atoms with E-state index in [0.717, 1.165) is 12.1 Å². The minimum absolute atomic E-state index is 0.0164. The SMILES string of the molecule is COC(=O)C1=C(CN2CCN3C(=O)N(CC(C)(C)C(=O)O)C[C@@H]3C2)NC(c2nccs2)=N[C@H]1c1ccc(F)cc1F. The fourth-order valence-electron chi connectivity index (χ4n) is 5.35. The number of carbonyl (C=O) groups is 3. The number of piperazine rings is 1. The zero-order valence-electron chi connectivity index (χ0n) is 22.8. The van der Waals surface area contributed by atoms with Crippen molar-refractivity contribution in [2.75, 3.05) is 46.4 Å². The molecule has 1 aromatic heterocycles. The summed E-state index contributed by atoms with van der Waals surface area (Å²) in [6.45, 7) is 5.23. The van der Waals surface area contributed by atoms with Crippen molar-refractivity contribution < 1.29 is 33.0 Å². The van der Waals surface area contributed by atoms with Crippen molar-refractivity contribution in [1.29, 1.82) is 0 Å². The van der Waals surface area contributed by atoms with Crippen LogP contribution in [0.3, 0.4) is 0 Å². The highest BCUT2D eigenvalue weighted by Gasteiger charge is 2.44. The predicted molar refractivity (Wildman–Crippen MR) is 145 cm³/mol. The first-order valence-corrected chi connectivity index (χ1v) is 13.9. The molecule has 41 heavy (non-hydrogen) atoms. The molecule has 4 heterocycles. The summed E-state index contributed by atoms with van der Waals surface area (Å²) in [6.07, 6.45) is 1.60. The van der Waals surface area contributed by atoms with Gasteiger partial charge in [-0.2, -0.15) is 0 Å². The molecule has 0 spiro atoms. The number of nitrogens with zero attached hydrogens (tertiary/aromatic N) is 5. The molecule has 2 amide bonds. The van der Waals surface area contributed by atoms with E-state index in [0.29, 0.717) is 42.7 Å². The summed E-state index contributed by atoms with van der Waals surface area (Å²) in [5, 5.41) is 15.0. The van der Waals surface area contributed by atoms with E-state index in [1.807, 2.05) is 0 Å². The average Bonchev–Trinajstić information content (AvgIpc) is 3.56. The summed E-state index contributed by atoms with van der Waals surface area (Å²) >= 11 is 1.31. The number of ether oxygens (including phenoxy) is 1. The summed E-state index contributed by atoms with van der Waals surface area (Å²) in [5.41, 5.74) is -0.546. The molecule has 3 aliphatic rings. The minimum atomic E-state index is -1.11. The summed E-state index contributed by atoms with van der Waals surface area (Å²) in [7, 11) is 1.22. The van der Waals surface area contributed by atoms with E-state index in [-0.39, 0.29) is 36.3 Å². The van der Waals surface area contributed by atoms with Crippen molar-refractivity contribution in [1.82, 2.24) is 25.0 Å². The molecule has 0 bridgehead atoms. The number of hydrogen-bond acceptors (Lipinski definition) is 9. The highest BCUT2D eigenvalue weighted by Crippen LogP contribution is 2.35. The molecule has 14 heteroatoms. The standard InChI is InChI=1S/C27H30F2N6O5S/c1-27(2,25(37)38)14-34-12-16-11-33(7-8-35(16)26(34)39)13-19-20(24(36)40-3)21(17-5-4-15(28)10-18(17)29)32-22(31-19)23-30-6-9-41-23/h4-6,9-10,16,21H,7-8,11-14H2,1-3H3,(H,31,32)(H,37,38)/t16-,21-/m0/s1. The molecule has 11 nitrogen and oxygen atoms in total. The first-order chi connectivity index (χ1) is 19.5. The molecule has 218 valence electrons. The van der Waals surface area contributed by atoms with Gasteiger partial charge >= 0.3 is 18.0 Å². The van der Waals surface area contributed by atoms with Gasteiger partial charge in [-0.15, -0.1) is 11.3 Å². The lowest BCUT2D eigenvalue weighted by Gasteiger charge is -2.38. The Morgan fingerprint density at radius 3 is 2.68 bits per heavy atom. The van der Waals surface area contributed by atoms with Crippen molar-refractivity contribution in [2.24, 2.45) is 10.4 Å². The lowest BCUT2D eigenvalue weighted by Crippen LogP contribution is -2.53. The molecule has 0 radical (unpaired) electrons. The number of amidine groups is 1. The number of carboxylic acids is 1. The highest BCUT2D eigenvalue weighted by atomic mass is 32.1. The number of methoxy groups -OCH3 is 1. The number of esters is 1. The molecule has 2 N–H and O–H groups in total. The lowest BCUT2D eigenvalue weighted by atomic mass is 9.93. The van der Waals surface area contributed by atoms with Crippen LogP contribution in [0.4, 0.5) is 13.6 Å². The van der Waals surface area contributed by atoms with Crippen LogP contribution in [0, 0.1) is 17.0 Å². The Kier molecular flexibility index (Phi) is 7.79. The van der Waals surface area contributed by atoms with Crippen LogP contribution in [-0.2, 0) is 14.3 Å². The van der Waals surface area contributed by atoms with E-state index in [1.165, 1.54) is 24.5 Å². The van der Waals surface area contributed by atoms with Crippen LogP contribution in [0.15, 0.2) is 46.0 Å². The van der Waals surface area contributed by atoms with Gasteiger partial charge in [0.15, 0.2) is 10.8 Å². The molecule has 2 saturated heterocycles. The zero-order chi connectivity index (χ0) is 29.5. The number of rotatable bonds is 8. The van der Waals surface area contributed by atoms with Gasteiger partial charge in [0.25, 0.3) is 0 Å². The monoisotopic (exact) mass is 588 g/mol. The number of amides is 2. The number of aromatic nitrogens is 1. The van der Waals surface area contributed by atoms with Crippen molar-refractivity contribution in [3.05, 3.63) is 63.3 Å². The normalized spacial score (nSPS) is 21.5. The molecule has 0 saturated carbocycles. The molecular weight excluding hydrogens is 558 g/mol.